The molecule has 0 aromatic carbocycles. The third-order valence-corrected chi connectivity index (χ3v) is 0.552. The van der Waals surface area contributed by atoms with Gasteiger partial charge < -0.3 is 0 Å². The van der Waals surface area contributed by atoms with Crippen LogP contribution in [-0.4, -0.2) is 6.56 Å². The van der Waals surface area contributed by atoms with Crippen LogP contribution in [0, 0.1) is 0 Å². The highest BCUT2D eigenvalue weighted by atomic mass is 32.1. The largest absolute Gasteiger partial charge is 0.226 e. The molecular weight excluding hydrogens is 78.9 g/mol. The van der Waals surface area contributed by atoms with Crippen molar-refractivity contribution in [3.05, 3.63) is 12.1 Å². The standard InChI is InChI=1S/C3H7BS/c1-2-3-4-5/h2-5H,1H3/b3-2-. The van der Waals surface area contributed by atoms with Gasteiger partial charge in [0.15, 0.2) is 0 Å². The topological polar surface area (TPSA) is 0 Å². The monoisotopic (exact) mass is 86.0 g/mol. The summed E-state index contributed by atoms with van der Waals surface area (Å²) in [5.41, 5.74) is 0. The van der Waals surface area contributed by atoms with Crippen LogP contribution < -0.4 is 0 Å². The predicted octanol–water partition coefficient (Wildman–Crippen LogP) is 0.801. The van der Waals surface area contributed by atoms with Crippen molar-refractivity contribution in [2.75, 3.05) is 0 Å². The zero-order chi connectivity index (χ0) is 4.12. The zero-order valence-corrected chi connectivity index (χ0v) is 4.20. The van der Waals surface area contributed by atoms with E-state index in [1.54, 1.807) is 0 Å². The lowest BCUT2D eigenvalue weighted by molar-refractivity contribution is 1.78. The van der Waals surface area contributed by atoms with Gasteiger partial charge in [-0.3, -0.25) is 0 Å². The molecule has 0 nitrogen and oxygen atoms in total. The highest BCUT2D eigenvalue weighted by Gasteiger charge is 1.58. The summed E-state index contributed by atoms with van der Waals surface area (Å²) >= 11 is 3.91. The Balaban J connectivity index is 2.62. The summed E-state index contributed by atoms with van der Waals surface area (Å²) in [5, 5.41) is 0. The molecule has 0 aliphatic carbocycles. The van der Waals surface area contributed by atoms with Gasteiger partial charge in [-0.1, -0.05) is 6.08 Å². The lowest BCUT2D eigenvalue weighted by atomic mass is 10.1. The molecule has 28 valence electrons. The number of thiol groups is 1. The molecule has 0 bridgehead atoms. The fraction of sp³-hybridized carbons (Fsp3) is 0.333. The van der Waals surface area contributed by atoms with E-state index >= 15 is 0 Å². The number of hydrogen-bond acceptors (Lipinski definition) is 1. The van der Waals surface area contributed by atoms with Crippen molar-refractivity contribution in [3.63, 3.8) is 0 Å². The fourth-order valence-electron chi connectivity index (χ4n) is 0.105. The SMILES string of the molecule is C/C=C\BS. The van der Waals surface area contributed by atoms with E-state index in [9.17, 15) is 0 Å². The summed E-state index contributed by atoms with van der Waals surface area (Å²) in [6.07, 6.45) is 1.98. The summed E-state index contributed by atoms with van der Waals surface area (Å²) in [5.74, 6) is 1.99. The molecule has 0 saturated heterocycles. The maximum atomic E-state index is 3.91. The molecule has 0 atom stereocenters. The summed E-state index contributed by atoms with van der Waals surface area (Å²) < 4.78 is 0. The second kappa shape index (κ2) is 4.15. The third kappa shape index (κ3) is 4.15. The van der Waals surface area contributed by atoms with Gasteiger partial charge in [0.25, 0.3) is 0 Å². The summed E-state index contributed by atoms with van der Waals surface area (Å²) in [6.45, 7) is 2.84. The van der Waals surface area contributed by atoms with Crippen LogP contribution in [-0.2, 0) is 0 Å². The molecule has 0 heterocycles. The van der Waals surface area contributed by atoms with Gasteiger partial charge in [0.2, 0.25) is 6.56 Å². The Morgan fingerprint density at radius 3 is 2.40 bits per heavy atom. The second-order valence-electron chi connectivity index (χ2n) is 0.752. The van der Waals surface area contributed by atoms with E-state index in [1.165, 1.54) is 0 Å². The van der Waals surface area contributed by atoms with Crippen molar-refractivity contribution in [3.8, 4) is 0 Å². The van der Waals surface area contributed by atoms with Crippen LogP contribution in [0.1, 0.15) is 6.92 Å². The first kappa shape index (κ1) is 5.15. The van der Waals surface area contributed by atoms with Crippen molar-refractivity contribution < 1.29 is 0 Å². The Labute approximate surface area is 38.8 Å². The van der Waals surface area contributed by atoms with E-state index in [0.717, 1.165) is 6.56 Å². The molecule has 0 aliphatic heterocycles. The molecule has 0 saturated carbocycles. The molecule has 0 spiro atoms. The first-order valence-electron chi connectivity index (χ1n) is 1.64. The van der Waals surface area contributed by atoms with Crippen LogP contribution >= 0.6 is 12.5 Å². The molecule has 0 radical (unpaired) electrons. The lowest BCUT2D eigenvalue weighted by Gasteiger charge is -1.60. The van der Waals surface area contributed by atoms with Gasteiger partial charge in [-0.2, -0.15) is 0 Å². The Kier molecular flexibility index (Phi) is 4.28. The lowest BCUT2D eigenvalue weighted by Crippen LogP contribution is -1.59. The number of rotatable bonds is 1. The van der Waals surface area contributed by atoms with E-state index in [2.05, 4.69) is 12.5 Å². The molecule has 5 heavy (non-hydrogen) atoms. The first-order valence-corrected chi connectivity index (χ1v) is 2.27. The Bertz CT molecular complexity index is 33.9. The molecule has 0 rings (SSSR count). The van der Waals surface area contributed by atoms with Gasteiger partial charge in [-0.05, 0) is 6.92 Å². The molecule has 0 fully saturated rings. The van der Waals surface area contributed by atoms with Crippen LogP contribution in [0.25, 0.3) is 0 Å². The average Bonchev–Trinajstić information content (AvgIpc) is 1.41. The minimum Gasteiger partial charge on any atom is -0.226 e. The fourth-order valence-corrected chi connectivity index (χ4v) is 0.316. The molecular formula is C3H7BS. The first-order chi connectivity index (χ1) is 2.41. The smallest absolute Gasteiger partial charge is 0.212 e. The van der Waals surface area contributed by atoms with E-state index in [-0.39, 0.29) is 0 Å². The molecule has 0 aliphatic rings. The van der Waals surface area contributed by atoms with Crippen molar-refractivity contribution in [1.82, 2.24) is 0 Å². The molecule has 2 heteroatoms. The zero-order valence-electron chi connectivity index (χ0n) is 3.31. The minimum atomic E-state index is 0.858. The highest BCUT2D eigenvalue weighted by molar-refractivity contribution is 8.07. The predicted molar refractivity (Wildman–Crippen MR) is 30.9 cm³/mol. The summed E-state index contributed by atoms with van der Waals surface area (Å²) in [4.78, 5) is 0. The third-order valence-electron chi connectivity index (χ3n) is 0.341. The van der Waals surface area contributed by atoms with Gasteiger partial charge >= 0.3 is 0 Å². The van der Waals surface area contributed by atoms with E-state index < -0.39 is 0 Å². The maximum absolute atomic E-state index is 3.91. The normalized spacial score (nSPS) is 9.20. The van der Waals surface area contributed by atoms with E-state index in [1.807, 2.05) is 19.0 Å². The van der Waals surface area contributed by atoms with Crippen LogP contribution in [0.5, 0.6) is 0 Å². The van der Waals surface area contributed by atoms with Crippen molar-refractivity contribution >= 4 is 19.0 Å². The van der Waals surface area contributed by atoms with Gasteiger partial charge in [-0.25, -0.2) is 12.5 Å². The Morgan fingerprint density at radius 2 is 2.40 bits per heavy atom. The quantitative estimate of drug-likeness (QED) is 0.354. The second-order valence-corrected chi connectivity index (χ2v) is 1.12. The van der Waals surface area contributed by atoms with E-state index in [4.69, 9.17) is 0 Å². The molecule has 0 amide bonds. The van der Waals surface area contributed by atoms with Crippen LogP contribution in [0.2, 0.25) is 0 Å². The van der Waals surface area contributed by atoms with Gasteiger partial charge in [-0.15, -0.1) is 5.98 Å². The van der Waals surface area contributed by atoms with Crippen LogP contribution in [0.3, 0.4) is 0 Å². The average molecular weight is 86.0 g/mol. The molecule has 0 aromatic heterocycles. The summed E-state index contributed by atoms with van der Waals surface area (Å²) in [6, 6.07) is 0. The van der Waals surface area contributed by atoms with Crippen LogP contribution in [0.15, 0.2) is 12.1 Å². The summed E-state index contributed by atoms with van der Waals surface area (Å²) in [7, 11) is 0. The van der Waals surface area contributed by atoms with Gasteiger partial charge in [0, 0.05) is 0 Å². The Hall–Kier alpha value is 0.155. The maximum Gasteiger partial charge on any atom is 0.212 e. The van der Waals surface area contributed by atoms with Crippen LogP contribution in [0.4, 0.5) is 0 Å². The Morgan fingerprint density at radius 1 is 1.80 bits per heavy atom. The number of hydrogen-bond donors (Lipinski definition) is 1. The molecule has 0 N–H and O–H groups in total. The van der Waals surface area contributed by atoms with Crippen molar-refractivity contribution in [2.45, 2.75) is 6.92 Å². The minimum absolute atomic E-state index is 0.858. The van der Waals surface area contributed by atoms with Crippen molar-refractivity contribution in [2.24, 2.45) is 0 Å². The van der Waals surface area contributed by atoms with Crippen molar-refractivity contribution in [1.29, 1.82) is 0 Å². The van der Waals surface area contributed by atoms with Gasteiger partial charge in [0.05, 0.1) is 0 Å². The van der Waals surface area contributed by atoms with E-state index in [0.29, 0.717) is 0 Å². The number of allylic oxidation sites excluding steroid dienone is 1. The molecule has 0 aromatic rings. The highest BCUT2D eigenvalue weighted by Crippen LogP contribution is 1.67. The molecule has 0 unspecified atom stereocenters. The van der Waals surface area contributed by atoms with Gasteiger partial charge in [0.1, 0.15) is 0 Å².